The van der Waals surface area contributed by atoms with E-state index in [0.29, 0.717) is 22.8 Å². The zero-order valence-electron chi connectivity index (χ0n) is 13.7. The molecule has 0 bridgehead atoms. The molecule has 0 amide bonds. The SMILES string of the molecule is COc1cnc(/C(C#N)=C/c2ccccc2)cc1OC1CCCC1. The maximum Gasteiger partial charge on any atom is 0.179 e. The lowest BCUT2D eigenvalue weighted by Gasteiger charge is -2.16. The lowest BCUT2D eigenvalue weighted by atomic mass is 10.1. The van der Waals surface area contributed by atoms with E-state index in [1.807, 2.05) is 36.4 Å². The molecule has 0 aliphatic heterocycles. The zero-order chi connectivity index (χ0) is 16.8. The second-order valence-corrected chi connectivity index (χ2v) is 5.83. The molecule has 1 aliphatic carbocycles. The molecule has 0 spiro atoms. The summed E-state index contributed by atoms with van der Waals surface area (Å²) in [5.74, 6) is 1.26. The van der Waals surface area contributed by atoms with Crippen molar-refractivity contribution in [2.75, 3.05) is 7.11 Å². The Morgan fingerprint density at radius 1 is 1.21 bits per heavy atom. The van der Waals surface area contributed by atoms with Gasteiger partial charge < -0.3 is 9.47 Å². The van der Waals surface area contributed by atoms with Crippen LogP contribution in [-0.2, 0) is 0 Å². The molecule has 2 aromatic rings. The van der Waals surface area contributed by atoms with Crippen LogP contribution in [0.3, 0.4) is 0 Å². The summed E-state index contributed by atoms with van der Waals surface area (Å²) in [5, 5.41) is 9.51. The first-order valence-electron chi connectivity index (χ1n) is 8.18. The fourth-order valence-electron chi connectivity index (χ4n) is 2.88. The summed E-state index contributed by atoms with van der Waals surface area (Å²) in [7, 11) is 1.60. The van der Waals surface area contributed by atoms with Crippen molar-refractivity contribution in [2.45, 2.75) is 31.8 Å². The van der Waals surface area contributed by atoms with E-state index in [-0.39, 0.29) is 6.10 Å². The van der Waals surface area contributed by atoms with E-state index in [9.17, 15) is 5.26 Å². The summed E-state index contributed by atoms with van der Waals surface area (Å²) in [6.45, 7) is 0. The van der Waals surface area contributed by atoms with Gasteiger partial charge in [0.05, 0.1) is 30.7 Å². The maximum absolute atomic E-state index is 9.51. The minimum Gasteiger partial charge on any atom is -0.491 e. The second-order valence-electron chi connectivity index (χ2n) is 5.83. The number of nitrogens with zero attached hydrogens (tertiary/aromatic N) is 2. The monoisotopic (exact) mass is 320 g/mol. The zero-order valence-corrected chi connectivity index (χ0v) is 13.7. The molecule has 0 N–H and O–H groups in total. The molecule has 1 saturated carbocycles. The summed E-state index contributed by atoms with van der Waals surface area (Å²) in [6, 6.07) is 13.8. The lowest BCUT2D eigenvalue weighted by molar-refractivity contribution is 0.200. The molecule has 1 aromatic carbocycles. The van der Waals surface area contributed by atoms with E-state index in [2.05, 4.69) is 11.1 Å². The number of allylic oxidation sites excluding steroid dienone is 1. The minimum atomic E-state index is 0.220. The number of nitriles is 1. The summed E-state index contributed by atoms with van der Waals surface area (Å²) in [6.07, 6.45) is 8.18. The number of rotatable bonds is 5. The van der Waals surface area contributed by atoms with Crippen molar-refractivity contribution in [1.82, 2.24) is 4.98 Å². The van der Waals surface area contributed by atoms with Crippen molar-refractivity contribution in [3.8, 4) is 17.6 Å². The first kappa shape index (κ1) is 16.1. The Kier molecular flexibility index (Phi) is 5.12. The highest BCUT2D eigenvalue weighted by atomic mass is 16.5. The van der Waals surface area contributed by atoms with Gasteiger partial charge in [-0.15, -0.1) is 0 Å². The fraction of sp³-hybridized carbons (Fsp3) is 0.300. The Hall–Kier alpha value is -2.80. The van der Waals surface area contributed by atoms with E-state index in [4.69, 9.17) is 9.47 Å². The number of pyridine rings is 1. The van der Waals surface area contributed by atoms with Gasteiger partial charge in [0.25, 0.3) is 0 Å². The van der Waals surface area contributed by atoms with Crippen LogP contribution >= 0.6 is 0 Å². The lowest BCUT2D eigenvalue weighted by Crippen LogP contribution is -2.12. The molecule has 24 heavy (non-hydrogen) atoms. The van der Waals surface area contributed by atoms with E-state index >= 15 is 0 Å². The summed E-state index contributed by atoms with van der Waals surface area (Å²) >= 11 is 0. The summed E-state index contributed by atoms with van der Waals surface area (Å²) < 4.78 is 11.4. The van der Waals surface area contributed by atoms with Gasteiger partial charge in [0.2, 0.25) is 0 Å². The van der Waals surface area contributed by atoms with E-state index in [1.165, 1.54) is 12.8 Å². The molecule has 4 heteroatoms. The predicted molar refractivity (Wildman–Crippen MR) is 93.6 cm³/mol. The van der Waals surface area contributed by atoms with Crippen LogP contribution in [0.25, 0.3) is 11.6 Å². The van der Waals surface area contributed by atoms with Gasteiger partial charge in [-0.2, -0.15) is 5.26 Å². The third kappa shape index (κ3) is 3.75. The molecule has 0 atom stereocenters. The molecule has 0 saturated heterocycles. The molecule has 1 fully saturated rings. The van der Waals surface area contributed by atoms with Crippen LogP contribution in [0.4, 0.5) is 0 Å². The van der Waals surface area contributed by atoms with Crippen molar-refractivity contribution in [3.63, 3.8) is 0 Å². The second kappa shape index (κ2) is 7.65. The van der Waals surface area contributed by atoms with Gasteiger partial charge in [0, 0.05) is 6.07 Å². The molecule has 1 heterocycles. The molecular weight excluding hydrogens is 300 g/mol. The highest BCUT2D eigenvalue weighted by molar-refractivity contribution is 5.88. The van der Waals surface area contributed by atoms with E-state index in [0.717, 1.165) is 18.4 Å². The standard InChI is InChI=1S/C20H20N2O2/c1-23-20-14-22-18(12-19(20)24-17-9-5-6-10-17)16(13-21)11-15-7-3-2-4-8-15/h2-4,7-8,11-12,14,17H,5-6,9-10H2,1H3/b16-11+. The first-order valence-corrected chi connectivity index (χ1v) is 8.18. The van der Waals surface area contributed by atoms with Crippen LogP contribution in [0.5, 0.6) is 11.5 Å². The van der Waals surface area contributed by atoms with Gasteiger partial charge in [0.15, 0.2) is 11.5 Å². The van der Waals surface area contributed by atoms with Gasteiger partial charge in [-0.05, 0) is 37.3 Å². The average Bonchev–Trinajstić information content (AvgIpc) is 3.13. The number of benzene rings is 1. The quantitative estimate of drug-likeness (QED) is 0.762. The Balaban J connectivity index is 1.92. The Morgan fingerprint density at radius 2 is 1.96 bits per heavy atom. The van der Waals surface area contributed by atoms with E-state index in [1.54, 1.807) is 19.4 Å². The molecule has 0 unspecified atom stereocenters. The molecule has 4 nitrogen and oxygen atoms in total. The molecule has 122 valence electrons. The number of ether oxygens (including phenoxy) is 2. The van der Waals surface area contributed by atoms with Gasteiger partial charge in [-0.1, -0.05) is 30.3 Å². The van der Waals surface area contributed by atoms with Crippen LogP contribution in [0.1, 0.15) is 36.9 Å². The molecular formula is C20H20N2O2. The number of hydrogen-bond donors (Lipinski definition) is 0. The van der Waals surface area contributed by atoms with Crippen molar-refractivity contribution in [1.29, 1.82) is 5.26 Å². The van der Waals surface area contributed by atoms with Crippen molar-refractivity contribution in [2.24, 2.45) is 0 Å². The van der Waals surface area contributed by atoms with Gasteiger partial charge in [-0.3, -0.25) is 4.98 Å². The van der Waals surface area contributed by atoms with Crippen LogP contribution < -0.4 is 9.47 Å². The van der Waals surface area contributed by atoms with Crippen LogP contribution in [0, 0.1) is 11.3 Å². The topological polar surface area (TPSA) is 55.1 Å². The van der Waals surface area contributed by atoms with Gasteiger partial charge >= 0.3 is 0 Å². The third-order valence-electron chi connectivity index (χ3n) is 4.15. The van der Waals surface area contributed by atoms with Crippen molar-refractivity contribution < 1.29 is 9.47 Å². The summed E-state index contributed by atoms with van der Waals surface area (Å²) in [4.78, 5) is 4.36. The highest BCUT2D eigenvalue weighted by Crippen LogP contribution is 2.33. The van der Waals surface area contributed by atoms with Crippen molar-refractivity contribution in [3.05, 3.63) is 53.9 Å². The largest absolute Gasteiger partial charge is 0.491 e. The molecule has 1 aliphatic rings. The molecule has 0 radical (unpaired) electrons. The number of hydrogen-bond acceptors (Lipinski definition) is 4. The van der Waals surface area contributed by atoms with Gasteiger partial charge in [0.1, 0.15) is 6.07 Å². The third-order valence-corrected chi connectivity index (χ3v) is 4.15. The highest BCUT2D eigenvalue weighted by Gasteiger charge is 2.19. The van der Waals surface area contributed by atoms with Crippen LogP contribution in [0.15, 0.2) is 42.6 Å². The minimum absolute atomic E-state index is 0.220. The fourth-order valence-corrected chi connectivity index (χ4v) is 2.88. The average molecular weight is 320 g/mol. The normalized spacial score (nSPS) is 15.1. The Morgan fingerprint density at radius 3 is 2.62 bits per heavy atom. The van der Waals surface area contributed by atoms with Crippen LogP contribution in [-0.4, -0.2) is 18.2 Å². The Labute approximate surface area is 142 Å². The van der Waals surface area contributed by atoms with E-state index < -0.39 is 0 Å². The number of aromatic nitrogens is 1. The Bertz CT molecular complexity index is 757. The molecule has 1 aromatic heterocycles. The van der Waals surface area contributed by atoms with Crippen LogP contribution in [0.2, 0.25) is 0 Å². The smallest absolute Gasteiger partial charge is 0.179 e. The number of methoxy groups -OCH3 is 1. The summed E-state index contributed by atoms with van der Waals surface area (Å²) in [5.41, 5.74) is 2.06. The first-order chi connectivity index (χ1) is 11.8. The molecule has 3 rings (SSSR count). The maximum atomic E-state index is 9.51. The van der Waals surface area contributed by atoms with Crippen molar-refractivity contribution >= 4 is 11.6 Å². The van der Waals surface area contributed by atoms with Gasteiger partial charge in [-0.25, -0.2) is 0 Å². The predicted octanol–water partition coefficient (Wildman–Crippen LogP) is 4.48.